The zero-order valence-corrected chi connectivity index (χ0v) is 20.6. The first-order chi connectivity index (χ1) is 17.0. The molecule has 0 bridgehead atoms. The minimum absolute atomic E-state index is 0.0931. The van der Waals surface area contributed by atoms with Gasteiger partial charge in [-0.05, 0) is 47.0 Å². The second kappa shape index (κ2) is 9.41. The first-order valence-corrected chi connectivity index (χ1v) is 12.0. The van der Waals surface area contributed by atoms with E-state index in [4.69, 9.17) is 10.7 Å². The van der Waals surface area contributed by atoms with E-state index >= 15 is 0 Å². The van der Waals surface area contributed by atoms with Crippen molar-refractivity contribution in [2.45, 2.75) is 18.8 Å². The van der Waals surface area contributed by atoms with Crippen molar-refractivity contribution in [3.05, 3.63) is 65.2 Å². The Hall–Kier alpha value is -3.86. The summed E-state index contributed by atoms with van der Waals surface area (Å²) < 4.78 is 8.90. The number of aromatic nitrogens is 4. The van der Waals surface area contributed by atoms with Crippen LogP contribution in [0.5, 0.6) is 0 Å². The molecule has 1 aromatic carbocycles. The number of rotatable bonds is 3. The number of anilines is 1. The summed E-state index contributed by atoms with van der Waals surface area (Å²) in [6.07, 6.45) is 6.43. The van der Waals surface area contributed by atoms with Crippen LogP contribution in [0.1, 0.15) is 24.5 Å². The Labute approximate surface area is 209 Å². The molecule has 1 saturated heterocycles. The SMILES string of the molecule is COC(=O)NC(=O)N1CCC(c2nc3c(-c4ccn(-c5ccccc5)c4)cnn3c(N)c2Br)CC1. The predicted octanol–water partition coefficient (Wildman–Crippen LogP) is 4.19. The number of halogens is 1. The molecule has 0 radical (unpaired) electrons. The Morgan fingerprint density at radius 3 is 2.63 bits per heavy atom. The van der Waals surface area contributed by atoms with Crippen LogP contribution in [0.2, 0.25) is 0 Å². The lowest BCUT2D eigenvalue weighted by atomic mass is 9.93. The number of para-hydroxylation sites is 1. The molecule has 0 atom stereocenters. The number of hydrogen-bond acceptors (Lipinski definition) is 6. The van der Waals surface area contributed by atoms with Crippen LogP contribution in [0.15, 0.2) is 59.5 Å². The number of benzene rings is 1. The van der Waals surface area contributed by atoms with Crippen LogP contribution in [0.25, 0.3) is 22.5 Å². The molecule has 0 spiro atoms. The van der Waals surface area contributed by atoms with E-state index in [9.17, 15) is 9.59 Å². The summed E-state index contributed by atoms with van der Waals surface area (Å²) in [4.78, 5) is 30.2. The van der Waals surface area contributed by atoms with Crippen LogP contribution in [-0.4, -0.2) is 56.4 Å². The fourth-order valence-corrected chi connectivity index (χ4v) is 4.96. The summed E-state index contributed by atoms with van der Waals surface area (Å²) in [6, 6.07) is 11.6. The summed E-state index contributed by atoms with van der Waals surface area (Å²) in [7, 11) is 1.22. The Morgan fingerprint density at radius 2 is 1.91 bits per heavy atom. The lowest BCUT2D eigenvalue weighted by Crippen LogP contribution is -2.46. The van der Waals surface area contributed by atoms with E-state index in [1.165, 1.54) is 7.11 Å². The van der Waals surface area contributed by atoms with Gasteiger partial charge in [-0.3, -0.25) is 0 Å². The number of likely N-dealkylation sites (tertiary alicyclic amines) is 1. The predicted molar refractivity (Wildman–Crippen MR) is 134 cm³/mol. The number of nitrogens with one attached hydrogen (secondary N) is 1. The van der Waals surface area contributed by atoms with Gasteiger partial charge in [-0.15, -0.1) is 0 Å². The summed E-state index contributed by atoms with van der Waals surface area (Å²) >= 11 is 3.62. The van der Waals surface area contributed by atoms with Crippen LogP contribution in [0, 0.1) is 0 Å². The van der Waals surface area contributed by atoms with Gasteiger partial charge in [0.05, 0.1) is 23.5 Å². The molecule has 0 unspecified atom stereocenters. The van der Waals surface area contributed by atoms with Gasteiger partial charge in [-0.2, -0.15) is 9.61 Å². The van der Waals surface area contributed by atoms with Gasteiger partial charge in [-0.1, -0.05) is 18.2 Å². The number of ether oxygens (including phenoxy) is 1. The Bertz CT molecular complexity index is 1390. The maximum absolute atomic E-state index is 12.2. The molecular formula is C24H24BrN7O3. The highest BCUT2D eigenvalue weighted by Gasteiger charge is 2.29. The molecule has 4 heterocycles. The largest absolute Gasteiger partial charge is 0.453 e. The zero-order chi connectivity index (χ0) is 24.5. The highest BCUT2D eigenvalue weighted by Crippen LogP contribution is 2.37. The second-order valence-electron chi connectivity index (χ2n) is 8.32. The molecule has 180 valence electrons. The molecule has 11 heteroatoms. The van der Waals surface area contributed by atoms with Gasteiger partial charge in [0.25, 0.3) is 0 Å². The number of methoxy groups -OCH3 is 1. The van der Waals surface area contributed by atoms with E-state index in [1.807, 2.05) is 48.8 Å². The average molecular weight is 538 g/mol. The minimum Gasteiger partial charge on any atom is -0.453 e. The standard InChI is InChI=1S/C24H24BrN7O3/c1-35-24(34)29-23(33)30-10-7-15(8-11-30)20-19(25)21(26)32-22(28-20)18(13-27-32)16-9-12-31(14-16)17-5-3-2-4-6-17/h2-6,9,12-15H,7-8,10-11,26H2,1H3,(H,29,33,34). The topological polar surface area (TPSA) is 120 Å². The molecular weight excluding hydrogens is 514 g/mol. The maximum atomic E-state index is 12.2. The van der Waals surface area contributed by atoms with Crippen molar-refractivity contribution in [1.82, 2.24) is 29.4 Å². The number of carbonyl (C=O) groups is 2. The number of amides is 3. The number of hydrogen-bond donors (Lipinski definition) is 2. The van der Waals surface area contributed by atoms with E-state index in [1.54, 1.807) is 15.6 Å². The summed E-state index contributed by atoms with van der Waals surface area (Å²) in [5, 5.41) is 6.68. The number of urea groups is 1. The van der Waals surface area contributed by atoms with Gasteiger partial charge in [-0.25, -0.2) is 19.9 Å². The van der Waals surface area contributed by atoms with E-state index in [-0.39, 0.29) is 5.92 Å². The molecule has 1 aliphatic rings. The first kappa shape index (κ1) is 22.9. The van der Waals surface area contributed by atoms with Gasteiger partial charge >= 0.3 is 12.1 Å². The third-order valence-electron chi connectivity index (χ3n) is 6.27. The normalized spacial score (nSPS) is 14.3. The molecule has 4 aromatic rings. The number of nitrogens with two attached hydrogens (primary N) is 1. The highest BCUT2D eigenvalue weighted by atomic mass is 79.9. The van der Waals surface area contributed by atoms with Crippen LogP contribution in [-0.2, 0) is 4.74 Å². The average Bonchev–Trinajstić information content (AvgIpc) is 3.54. The molecule has 10 nitrogen and oxygen atoms in total. The number of fused-ring (bicyclic) bond motifs is 1. The summed E-state index contributed by atoms with van der Waals surface area (Å²) in [5.41, 5.74) is 10.9. The molecule has 3 amide bonds. The molecule has 5 rings (SSSR count). The van der Waals surface area contributed by atoms with Crippen LogP contribution >= 0.6 is 15.9 Å². The van der Waals surface area contributed by atoms with E-state index in [0.717, 1.165) is 22.5 Å². The molecule has 3 aromatic heterocycles. The fourth-order valence-electron chi connectivity index (χ4n) is 4.38. The van der Waals surface area contributed by atoms with Crippen molar-refractivity contribution in [1.29, 1.82) is 0 Å². The zero-order valence-electron chi connectivity index (χ0n) is 19.0. The highest BCUT2D eigenvalue weighted by molar-refractivity contribution is 9.10. The lowest BCUT2D eigenvalue weighted by Gasteiger charge is -2.31. The molecule has 0 saturated carbocycles. The number of piperidine rings is 1. The van der Waals surface area contributed by atoms with Crippen LogP contribution in [0.3, 0.4) is 0 Å². The third-order valence-corrected chi connectivity index (χ3v) is 7.08. The number of imide groups is 1. The van der Waals surface area contributed by atoms with Gasteiger partial charge in [0.1, 0.15) is 5.82 Å². The summed E-state index contributed by atoms with van der Waals surface area (Å²) in [6.45, 7) is 0.970. The number of alkyl carbamates (subject to hydrolysis) is 1. The van der Waals surface area contributed by atoms with Crippen molar-refractivity contribution in [3.8, 4) is 16.8 Å². The van der Waals surface area contributed by atoms with Crippen molar-refractivity contribution in [2.24, 2.45) is 0 Å². The quantitative estimate of drug-likeness (QED) is 0.404. The lowest BCUT2D eigenvalue weighted by molar-refractivity contribution is 0.156. The number of nitrogen functional groups attached to an aromatic ring is 1. The van der Waals surface area contributed by atoms with Gasteiger partial charge in [0, 0.05) is 48.2 Å². The van der Waals surface area contributed by atoms with Gasteiger partial charge in [0.15, 0.2) is 5.65 Å². The van der Waals surface area contributed by atoms with Crippen molar-refractivity contribution >= 4 is 39.5 Å². The molecule has 35 heavy (non-hydrogen) atoms. The monoisotopic (exact) mass is 537 g/mol. The third kappa shape index (κ3) is 4.34. The molecule has 1 aliphatic heterocycles. The van der Waals surface area contributed by atoms with E-state index < -0.39 is 12.1 Å². The molecule has 3 N–H and O–H groups in total. The first-order valence-electron chi connectivity index (χ1n) is 11.2. The van der Waals surface area contributed by atoms with Crippen molar-refractivity contribution in [3.63, 3.8) is 0 Å². The number of nitrogens with zero attached hydrogens (tertiary/aromatic N) is 5. The fraction of sp³-hybridized carbons (Fsp3) is 0.250. The Morgan fingerprint density at radius 1 is 1.17 bits per heavy atom. The van der Waals surface area contributed by atoms with Crippen molar-refractivity contribution < 1.29 is 14.3 Å². The van der Waals surface area contributed by atoms with Gasteiger partial charge in [0.2, 0.25) is 0 Å². The molecule has 1 fully saturated rings. The van der Waals surface area contributed by atoms with Crippen LogP contribution in [0.4, 0.5) is 15.4 Å². The Kier molecular flexibility index (Phi) is 6.16. The smallest absolute Gasteiger partial charge is 0.415 e. The maximum Gasteiger partial charge on any atom is 0.415 e. The van der Waals surface area contributed by atoms with E-state index in [2.05, 4.69) is 35.6 Å². The number of carbonyl (C=O) groups excluding carboxylic acids is 2. The molecule has 0 aliphatic carbocycles. The Balaban J connectivity index is 1.42. The van der Waals surface area contributed by atoms with Crippen molar-refractivity contribution in [2.75, 3.05) is 25.9 Å². The van der Waals surface area contributed by atoms with Gasteiger partial charge < -0.3 is 19.9 Å². The van der Waals surface area contributed by atoms with Crippen LogP contribution < -0.4 is 11.1 Å². The second-order valence-corrected chi connectivity index (χ2v) is 9.11. The van der Waals surface area contributed by atoms with E-state index in [0.29, 0.717) is 41.9 Å². The summed E-state index contributed by atoms with van der Waals surface area (Å²) in [5.74, 6) is 0.570. The minimum atomic E-state index is -0.769.